The van der Waals surface area contributed by atoms with Crippen molar-refractivity contribution in [1.29, 1.82) is 0 Å². The molecule has 1 N–H and O–H groups in total. The van der Waals surface area contributed by atoms with E-state index in [1.165, 1.54) is 0 Å². The van der Waals surface area contributed by atoms with Crippen LogP contribution in [0, 0.1) is 5.41 Å². The molecule has 0 aliphatic carbocycles. The first-order valence-corrected chi connectivity index (χ1v) is 6.58. The summed E-state index contributed by atoms with van der Waals surface area (Å²) in [6, 6.07) is 7.60. The van der Waals surface area contributed by atoms with Gasteiger partial charge in [0.25, 0.3) is 5.91 Å². The SMILES string of the molecule is CC(C)(C)CNC(=O)c1c(Cl)ncc2ccccc12. The van der Waals surface area contributed by atoms with Crippen LogP contribution in [-0.4, -0.2) is 17.4 Å². The summed E-state index contributed by atoms with van der Waals surface area (Å²) in [6.07, 6.45) is 1.68. The van der Waals surface area contributed by atoms with Gasteiger partial charge in [-0.3, -0.25) is 4.79 Å². The van der Waals surface area contributed by atoms with Crippen molar-refractivity contribution < 1.29 is 4.79 Å². The highest BCUT2D eigenvalue weighted by molar-refractivity contribution is 6.34. The number of aromatic nitrogens is 1. The molecule has 0 saturated carbocycles. The predicted octanol–water partition coefficient (Wildman–Crippen LogP) is 3.66. The molecule has 0 bridgehead atoms. The summed E-state index contributed by atoms with van der Waals surface area (Å²) in [7, 11) is 0. The van der Waals surface area contributed by atoms with Gasteiger partial charge in [0.2, 0.25) is 0 Å². The third kappa shape index (κ3) is 3.24. The normalized spacial score (nSPS) is 11.6. The largest absolute Gasteiger partial charge is 0.351 e. The standard InChI is InChI=1S/C15H17ClN2O/c1-15(2,3)9-18-14(19)12-11-7-5-4-6-10(11)8-17-13(12)16/h4-8H,9H2,1-3H3,(H,18,19). The molecule has 1 aromatic carbocycles. The summed E-state index contributed by atoms with van der Waals surface area (Å²) in [5.74, 6) is -0.177. The molecular formula is C15H17ClN2O. The van der Waals surface area contributed by atoms with Crippen LogP contribution in [0.15, 0.2) is 30.5 Å². The smallest absolute Gasteiger partial charge is 0.255 e. The molecular weight excluding hydrogens is 260 g/mol. The number of fused-ring (bicyclic) bond motifs is 1. The Labute approximate surface area is 118 Å². The van der Waals surface area contributed by atoms with Crippen LogP contribution in [0.3, 0.4) is 0 Å². The van der Waals surface area contributed by atoms with Gasteiger partial charge in [-0.2, -0.15) is 0 Å². The van der Waals surface area contributed by atoms with Gasteiger partial charge in [-0.05, 0) is 10.8 Å². The maximum atomic E-state index is 12.3. The highest BCUT2D eigenvalue weighted by Gasteiger charge is 2.18. The van der Waals surface area contributed by atoms with E-state index in [9.17, 15) is 4.79 Å². The highest BCUT2D eigenvalue weighted by atomic mass is 35.5. The van der Waals surface area contributed by atoms with Crippen LogP contribution in [0.4, 0.5) is 0 Å². The molecule has 4 heteroatoms. The van der Waals surface area contributed by atoms with Gasteiger partial charge in [-0.15, -0.1) is 0 Å². The summed E-state index contributed by atoms with van der Waals surface area (Å²) in [5, 5.41) is 4.89. The van der Waals surface area contributed by atoms with Crippen LogP contribution < -0.4 is 5.32 Å². The maximum absolute atomic E-state index is 12.3. The zero-order chi connectivity index (χ0) is 14.0. The minimum atomic E-state index is -0.177. The Bertz CT molecular complexity index is 617. The Morgan fingerprint density at radius 2 is 2.00 bits per heavy atom. The van der Waals surface area contributed by atoms with Gasteiger partial charge in [0.05, 0.1) is 5.56 Å². The third-order valence-corrected chi connectivity index (χ3v) is 3.05. The maximum Gasteiger partial charge on any atom is 0.255 e. The van der Waals surface area contributed by atoms with Gasteiger partial charge in [0.15, 0.2) is 0 Å². The molecule has 0 aliphatic heterocycles. The molecule has 0 spiro atoms. The monoisotopic (exact) mass is 276 g/mol. The first-order chi connectivity index (χ1) is 8.88. The summed E-state index contributed by atoms with van der Waals surface area (Å²) in [5.41, 5.74) is 0.476. The number of rotatable bonds is 2. The average Bonchev–Trinajstić information content (AvgIpc) is 2.35. The Morgan fingerprint density at radius 1 is 1.32 bits per heavy atom. The van der Waals surface area contributed by atoms with Gasteiger partial charge in [-0.1, -0.05) is 56.6 Å². The molecule has 3 nitrogen and oxygen atoms in total. The van der Waals surface area contributed by atoms with Crippen LogP contribution in [0.1, 0.15) is 31.1 Å². The first kappa shape index (κ1) is 13.8. The van der Waals surface area contributed by atoms with E-state index in [2.05, 4.69) is 31.1 Å². The Balaban J connectivity index is 2.38. The molecule has 2 aromatic rings. The molecule has 19 heavy (non-hydrogen) atoms. The second-order valence-electron chi connectivity index (χ2n) is 5.75. The molecule has 1 amide bonds. The van der Waals surface area contributed by atoms with Crippen molar-refractivity contribution in [2.24, 2.45) is 5.41 Å². The van der Waals surface area contributed by atoms with Gasteiger partial charge in [0, 0.05) is 18.1 Å². The minimum absolute atomic E-state index is 0.0279. The number of carbonyl (C=O) groups is 1. The lowest BCUT2D eigenvalue weighted by Crippen LogP contribution is -2.32. The highest BCUT2D eigenvalue weighted by Crippen LogP contribution is 2.24. The lowest BCUT2D eigenvalue weighted by Gasteiger charge is -2.19. The lowest BCUT2D eigenvalue weighted by atomic mass is 9.97. The fourth-order valence-corrected chi connectivity index (χ4v) is 2.03. The van der Waals surface area contributed by atoms with Gasteiger partial charge >= 0.3 is 0 Å². The zero-order valence-electron chi connectivity index (χ0n) is 11.3. The van der Waals surface area contributed by atoms with Crippen LogP contribution in [0.5, 0.6) is 0 Å². The van der Waals surface area contributed by atoms with E-state index in [0.717, 1.165) is 10.8 Å². The van der Waals surface area contributed by atoms with Crippen molar-refractivity contribution in [1.82, 2.24) is 10.3 Å². The van der Waals surface area contributed by atoms with E-state index in [1.54, 1.807) is 6.20 Å². The fourth-order valence-electron chi connectivity index (χ4n) is 1.79. The quantitative estimate of drug-likeness (QED) is 0.851. The molecule has 1 aromatic heterocycles. The third-order valence-electron chi connectivity index (χ3n) is 2.76. The second-order valence-corrected chi connectivity index (χ2v) is 6.11. The van der Waals surface area contributed by atoms with Crippen molar-refractivity contribution in [3.63, 3.8) is 0 Å². The number of carbonyl (C=O) groups excluding carboxylic acids is 1. The molecule has 0 fully saturated rings. The Hall–Kier alpha value is -1.61. The molecule has 0 radical (unpaired) electrons. The zero-order valence-corrected chi connectivity index (χ0v) is 12.1. The number of amides is 1. The summed E-state index contributed by atoms with van der Waals surface area (Å²) in [6.45, 7) is 6.79. The van der Waals surface area contributed by atoms with E-state index >= 15 is 0 Å². The van der Waals surface area contributed by atoms with E-state index in [4.69, 9.17) is 11.6 Å². The van der Waals surface area contributed by atoms with Crippen LogP contribution in [0.25, 0.3) is 10.8 Å². The minimum Gasteiger partial charge on any atom is -0.351 e. The molecule has 2 rings (SSSR count). The number of hydrogen-bond acceptors (Lipinski definition) is 2. The van der Waals surface area contributed by atoms with Gasteiger partial charge < -0.3 is 5.32 Å². The van der Waals surface area contributed by atoms with Crippen molar-refractivity contribution >= 4 is 28.3 Å². The van der Waals surface area contributed by atoms with E-state index in [0.29, 0.717) is 12.1 Å². The molecule has 0 saturated heterocycles. The summed E-state index contributed by atoms with van der Waals surface area (Å²) >= 11 is 6.08. The Morgan fingerprint density at radius 3 is 2.68 bits per heavy atom. The van der Waals surface area contributed by atoms with Gasteiger partial charge in [0.1, 0.15) is 5.15 Å². The number of nitrogens with zero attached hydrogens (tertiary/aromatic N) is 1. The number of nitrogens with one attached hydrogen (secondary N) is 1. The summed E-state index contributed by atoms with van der Waals surface area (Å²) < 4.78 is 0. The van der Waals surface area contributed by atoms with Gasteiger partial charge in [-0.25, -0.2) is 4.98 Å². The van der Waals surface area contributed by atoms with Crippen LogP contribution in [-0.2, 0) is 0 Å². The number of hydrogen-bond donors (Lipinski definition) is 1. The molecule has 0 unspecified atom stereocenters. The van der Waals surface area contributed by atoms with E-state index in [1.807, 2.05) is 24.3 Å². The van der Waals surface area contributed by atoms with E-state index < -0.39 is 0 Å². The van der Waals surface area contributed by atoms with Crippen LogP contribution in [0.2, 0.25) is 5.15 Å². The predicted molar refractivity (Wildman–Crippen MR) is 78.5 cm³/mol. The fraction of sp³-hybridized carbons (Fsp3) is 0.333. The molecule has 1 heterocycles. The molecule has 0 atom stereocenters. The second kappa shape index (κ2) is 5.17. The van der Waals surface area contributed by atoms with Crippen molar-refractivity contribution in [2.45, 2.75) is 20.8 Å². The average molecular weight is 277 g/mol. The number of benzene rings is 1. The first-order valence-electron chi connectivity index (χ1n) is 6.20. The van der Waals surface area contributed by atoms with Crippen molar-refractivity contribution in [2.75, 3.05) is 6.54 Å². The van der Waals surface area contributed by atoms with Crippen molar-refractivity contribution in [3.8, 4) is 0 Å². The Kier molecular flexibility index (Phi) is 3.76. The topological polar surface area (TPSA) is 42.0 Å². The molecule has 100 valence electrons. The lowest BCUT2D eigenvalue weighted by molar-refractivity contribution is 0.0941. The number of pyridine rings is 1. The van der Waals surface area contributed by atoms with E-state index in [-0.39, 0.29) is 16.5 Å². The van der Waals surface area contributed by atoms with Crippen LogP contribution >= 0.6 is 11.6 Å². The summed E-state index contributed by atoms with van der Waals surface area (Å²) in [4.78, 5) is 16.4. The molecule has 0 aliphatic rings. The van der Waals surface area contributed by atoms with Crippen molar-refractivity contribution in [3.05, 3.63) is 41.2 Å². The number of halogens is 1.